The zero-order valence-corrected chi connectivity index (χ0v) is 11.9. The van der Waals surface area contributed by atoms with Crippen molar-refractivity contribution in [1.82, 2.24) is 0 Å². The molecule has 1 rings (SSSR count). The third kappa shape index (κ3) is 4.40. The summed E-state index contributed by atoms with van der Waals surface area (Å²) < 4.78 is 0.790. The van der Waals surface area contributed by atoms with E-state index in [9.17, 15) is 9.59 Å². The van der Waals surface area contributed by atoms with Gasteiger partial charge in [-0.15, -0.1) is 0 Å². The Morgan fingerprint density at radius 2 is 1.62 bits per heavy atom. The minimum Gasteiger partial charge on any atom is -1.00 e. The zero-order valence-electron chi connectivity index (χ0n) is 9.74. The van der Waals surface area contributed by atoms with Crippen molar-refractivity contribution in [3.63, 3.8) is 0 Å². The number of quaternary nitrogens is 1. The van der Waals surface area contributed by atoms with Gasteiger partial charge in [-0.05, 0) is 6.07 Å². The molecule has 3 nitrogen and oxygen atoms in total. The summed E-state index contributed by atoms with van der Waals surface area (Å²) in [5, 5.41) is 0. The molecule has 0 aliphatic carbocycles. The van der Waals surface area contributed by atoms with E-state index in [0.29, 0.717) is 17.4 Å². The smallest absolute Gasteiger partial charge is 0.150 e. The first-order valence-electron chi connectivity index (χ1n) is 4.80. The lowest BCUT2D eigenvalue weighted by Gasteiger charge is -2.24. The van der Waals surface area contributed by atoms with Gasteiger partial charge in [0, 0.05) is 16.7 Å². The van der Waals surface area contributed by atoms with Gasteiger partial charge in [0.25, 0.3) is 0 Å². The second kappa shape index (κ2) is 6.10. The van der Waals surface area contributed by atoms with Gasteiger partial charge in [0.15, 0.2) is 12.6 Å². The fourth-order valence-electron chi connectivity index (χ4n) is 1.48. The number of hydrogen-bond acceptors (Lipinski definition) is 2. The highest BCUT2D eigenvalue weighted by Crippen LogP contribution is 2.12. The van der Waals surface area contributed by atoms with Crippen LogP contribution in [0.1, 0.15) is 26.3 Å². The first kappa shape index (κ1) is 15.2. The Hall–Kier alpha value is -0.750. The van der Waals surface area contributed by atoms with E-state index in [1.165, 1.54) is 0 Å². The minimum absolute atomic E-state index is 0. The van der Waals surface area contributed by atoms with Crippen LogP contribution in [0.25, 0.3) is 0 Å². The van der Waals surface area contributed by atoms with Crippen molar-refractivity contribution in [3.05, 3.63) is 34.9 Å². The summed E-state index contributed by atoms with van der Waals surface area (Å²) >= 11 is 0. The summed E-state index contributed by atoms with van der Waals surface area (Å²) in [6, 6.07) is 5.36. The van der Waals surface area contributed by atoms with E-state index in [1.54, 1.807) is 12.1 Å². The van der Waals surface area contributed by atoms with Gasteiger partial charge in [-0.25, -0.2) is 0 Å². The zero-order chi connectivity index (χ0) is 11.5. The number of halogens is 1. The standard InChI is InChI=1S/C12H16NO2.HI/c1-13(2,3)7-10-4-5-11(8-14)12(6-10)9-15;/h4-6,8-9H,7H2,1-3H3;1H/q+1;/p-1. The SMILES string of the molecule is C[N+](C)(C)Cc1ccc(C=O)c(C=O)c1.[I-]. The average molecular weight is 333 g/mol. The van der Waals surface area contributed by atoms with Crippen molar-refractivity contribution in [3.8, 4) is 0 Å². The number of carbonyl (C=O) groups is 2. The number of aldehydes is 2. The number of carbonyl (C=O) groups excluding carboxylic acids is 2. The first-order valence-corrected chi connectivity index (χ1v) is 4.80. The highest BCUT2D eigenvalue weighted by Gasteiger charge is 2.10. The van der Waals surface area contributed by atoms with Crippen LogP contribution in [0.15, 0.2) is 18.2 Å². The number of benzene rings is 1. The molecule has 0 heterocycles. The predicted octanol–water partition coefficient (Wildman–Crippen LogP) is -1.48. The van der Waals surface area contributed by atoms with Gasteiger partial charge in [0.1, 0.15) is 6.54 Å². The first-order chi connectivity index (χ1) is 6.96. The van der Waals surface area contributed by atoms with Crippen LogP contribution in [-0.2, 0) is 6.54 Å². The third-order valence-corrected chi connectivity index (χ3v) is 2.06. The lowest BCUT2D eigenvalue weighted by atomic mass is 10.1. The van der Waals surface area contributed by atoms with Crippen LogP contribution < -0.4 is 24.0 Å². The summed E-state index contributed by atoms with van der Waals surface area (Å²) in [7, 11) is 6.23. The largest absolute Gasteiger partial charge is 1.00 e. The lowest BCUT2D eigenvalue weighted by Crippen LogP contribution is -3.00. The molecular formula is C12H16INO2. The van der Waals surface area contributed by atoms with E-state index in [4.69, 9.17) is 0 Å². The molecule has 4 heteroatoms. The van der Waals surface area contributed by atoms with E-state index in [2.05, 4.69) is 21.1 Å². The Bertz CT molecular complexity index is 383. The molecule has 0 bridgehead atoms. The van der Waals surface area contributed by atoms with Crippen molar-refractivity contribution in [2.75, 3.05) is 21.1 Å². The average Bonchev–Trinajstić information content (AvgIpc) is 2.15. The highest BCUT2D eigenvalue weighted by molar-refractivity contribution is 5.90. The van der Waals surface area contributed by atoms with Gasteiger partial charge < -0.3 is 28.5 Å². The summed E-state index contributed by atoms with van der Waals surface area (Å²) in [6.07, 6.45) is 1.43. The number of hydrogen-bond donors (Lipinski definition) is 0. The van der Waals surface area contributed by atoms with Crippen molar-refractivity contribution >= 4 is 12.6 Å². The van der Waals surface area contributed by atoms with Gasteiger partial charge in [-0.2, -0.15) is 0 Å². The van der Waals surface area contributed by atoms with Crippen LogP contribution in [-0.4, -0.2) is 38.2 Å². The van der Waals surface area contributed by atoms with Crippen LogP contribution >= 0.6 is 0 Å². The molecule has 1 aromatic rings. The summed E-state index contributed by atoms with van der Waals surface area (Å²) in [5.41, 5.74) is 1.99. The summed E-state index contributed by atoms with van der Waals surface area (Å²) in [6.45, 7) is 0.833. The molecule has 0 amide bonds. The second-order valence-corrected chi connectivity index (χ2v) is 4.65. The quantitative estimate of drug-likeness (QED) is 0.383. The van der Waals surface area contributed by atoms with Crippen LogP contribution in [0.2, 0.25) is 0 Å². The molecule has 0 aliphatic rings. The van der Waals surface area contributed by atoms with Crippen LogP contribution in [0.4, 0.5) is 0 Å². The molecule has 16 heavy (non-hydrogen) atoms. The Morgan fingerprint density at radius 1 is 1.06 bits per heavy atom. The van der Waals surface area contributed by atoms with Gasteiger partial charge in [0.05, 0.1) is 21.1 Å². The summed E-state index contributed by atoms with van der Waals surface area (Å²) in [4.78, 5) is 21.4. The molecule has 0 radical (unpaired) electrons. The molecule has 0 saturated carbocycles. The Balaban J connectivity index is 0.00000225. The van der Waals surface area contributed by atoms with E-state index >= 15 is 0 Å². The van der Waals surface area contributed by atoms with E-state index < -0.39 is 0 Å². The van der Waals surface area contributed by atoms with Gasteiger partial charge in [-0.3, -0.25) is 9.59 Å². The number of rotatable bonds is 4. The van der Waals surface area contributed by atoms with Gasteiger partial charge in [-0.1, -0.05) is 12.1 Å². The monoisotopic (exact) mass is 333 g/mol. The van der Waals surface area contributed by atoms with Crippen molar-refractivity contribution in [1.29, 1.82) is 0 Å². The van der Waals surface area contributed by atoms with Crippen molar-refractivity contribution in [2.45, 2.75) is 6.54 Å². The lowest BCUT2D eigenvalue weighted by molar-refractivity contribution is -0.884. The molecule has 0 spiro atoms. The molecule has 0 aromatic heterocycles. The maximum absolute atomic E-state index is 10.7. The van der Waals surface area contributed by atoms with Crippen LogP contribution in [0.5, 0.6) is 0 Å². The molecule has 0 unspecified atom stereocenters. The molecule has 88 valence electrons. The molecule has 0 aliphatic heterocycles. The third-order valence-electron chi connectivity index (χ3n) is 2.06. The van der Waals surface area contributed by atoms with Crippen molar-refractivity contribution in [2.24, 2.45) is 0 Å². The minimum atomic E-state index is 0. The van der Waals surface area contributed by atoms with Crippen LogP contribution in [0, 0.1) is 0 Å². The molecular weight excluding hydrogens is 317 g/mol. The highest BCUT2D eigenvalue weighted by atomic mass is 127. The number of nitrogens with zero attached hydrogens (tertiary/aromatic N) is 1. The fourth-order valence-corrected chi connectivity index (χ4v) is 1.48. The maximum Gasteiger partial charge on any atom is 0.150 e. The van der Waals surface area contributed by atoms with Crippen LogP contribution in [0.3, 0.4) is 0 Å². The van der Waals surface area contributed by atoms with Gasteiger partial charge >= 0.3 is 0 Å². The molecule has 1 aromatic carbocycles. The topological polar surface area (TPSA) is 34.1 Å². The second-order valence-electron chi connectivity index (χ2n) is 4.65. The molecule has 0 saturated heterocycles. The van der Waals surface area contributed by atoms with E-state index in [1.807, 2.05) is 6.07 Å². The summed E-state index contributed by atoms with van der Waals surface area (Å²) in [5.74, 6) is 0. The van der Waals surface area contributed by atoms with Crippen molar-refractivity contribution < 1.29 is 38.0 Å². The predicted molar refractivity (Wildman–Crippen MR) is 59.0 cm³/mol. The molecule has 0 atom stereocenters. The van der Waals surface area contributed by atoms with Gasteiger partial charge in [0.2, 0.25) is 0 Å². The Kier molecular flexibility index (Phi) is 5.81. The maximum atomic E-state index is 10.7. The van der Waals surface area contributed by atoms with E-state index in [-0.39, 0.29) is 24.0 Å². The normalized spacial score (nSPS) is 10.4. The Morgan fingerprint density at radius 3 is 2.06 bits per heavy atom. The Labute approximate surface area is 113 Å². The van der Waals surface area contributed by atoms with E-state index in [0.717, 1.165) is 22.9 Å². The molecule has 0 fully saturated rings. The molecule has 0 N–H and O–H groups in total. The fraction of sp³-hybridized carbons (Fsp3) is 0.333.